The highest BCUT2D eigenvalue weighted by Crippen LogP contribution is 2.04. The molecule has 0 atom stereocenters. The van der Waals surface area contributed by atoms with Gasteiger partial charge in [0.05, 0.1) is 0 Å². The van der Waals surface area contributed by atoms with Crippen molar-refractivity contribution in [3.05, 3.63) is 29.0 Å². The second-order valence-electron chi connectivity index (χ2n) is 2.70. The molecular weight excluding hydrogens is 202 g/mol. The van der Waals surface area contributed by atoms with Gasteiger partial charge in [-0.1, -0.05) is 17.7 Å². The van der Waals surface area contributed by atoms with Gasteiger partial charge in [0.25, 0.3) is 0 Å². The molecule has 0 aliphatic rings. The smallest absolute Gasteiger partial charge is 0.315 e. The highest BCUT2D eigenvalue weighted by atomic mass is 35.5. The lowest BCUT2D eigenvalue weighted by Gasteiger charge is -2.05. The molecule has 2 amide bonds. The van der Waals surface area contributed by atoms with Crippen LogP contribution in [-0.4, -0.2) is 17.6 Å². The lowest BCUT2D eigenvalue weighted by Crippen LogP contribution is -2.34. The molecule has 2 N–H and O–H groups in total. The molecule has 0 radical (unpaired) electrons. The Morgan fingerprint density at radius 1 is 1.50 bits per heavy atom. The Labute approximate surface area is 87.7 Å². The van der Waals surface area contributed by atoms with E-state index in [9.17, 15) is 4.79 Å². The van der Waals surface area contributed by atoms with Crippen LogP contribution in [-0.2, 0) is 6.54 Å². The van der Waals surface area contributed by atoms with Gasteiger partial charge in [0, 0.05) is 19.3 Å². The highest BCUT2D eigenvalue weighted by Gasteiger charge is 1.98. The number of carbonyl (C=O) groups is 1. The fourth-order valence-corrected chi connectivity index (χ4v) is 1.03. The van der Waals surface area contributed by atoms with Gasteiger partial charge in [0.1, 0.15) is 5.15 Å². The van der Waals surface area contributed by atoms with Crippen molar-refractivity contribution in [2.24, 2.45) is 0 Å². The maximum absolute atomic E-state index is 11.0. The number of hydrogen-bond donors (Lipinski definition) is 2. The first-order valence-corrected chi connectivity index (χ1v) is 4.72. The summed E-state index contributed by atoms with van der Waals surface area (Å²) >= 11 is 5.61. The zero-order valence-electron chi connectivity index (χ0n) is 7.88. The van der Waals surface area contributed by atoms with Crippen molar-refractivity contribution in [3.8, 4) is 0 Å². The molecule has 4 nitrogen and oxygen atoms in total. The quantitative estimate of drug-likeness (QED) is 0.749. The van der Waals surface area contributed by atoms with Crippen molar-refractivity contribution in [1.82, 2.24) is 15.6 Å². The zero-order valence-corrected chi connectivity index (χ0v) is 8.64. The second-order valence-corrected chi connectivity index (χ2v) is 3.09. The van der Waals surface area contributed by atoms with E-state index in [0.29, 0.717) is 18.2 Å². The number of halogens is 1. The Hall–Kier alpha value is -1.29. The first-order chi connectivity index (χ1) is 6.72. The minimum atomic E-state index is -0.178. The Kier molecular flexibility index (Phi) is 4.19. The van der Waals surface area contributed by atoms with Gasteiger partial charge in [-0.3, -0.25) is 0 Å². The molecule has 0 saturated heterocycles. The number of rotatable bonds is 3. The molecule has 0 saturated carbocycles. The molecule has 1 aromatic heterocycles. The van der Waals surface area contributed by atoms with E-state index in [4.69, 9.17) is 11.6 Å². The maximum Gasteiger partial charge on any atom is 0.315 e. The average molecular weight is 214 g/mol. The van der Waals surface area contributed by atoms with Crippen LogP contribution in [0, 0.1) is 0 Å². The van der Waals surface area contributed by atoms with Crippen molar-refractivity contribution in [3.63, 3.8) is 0 Å². The third-order valence-electron chi connectivity index (χ3n) is 1.58. The van der Waals surface area contributed by atoms with Gasteiger partial charge in [0.15, 0.2) is 0 Å². The molecule has 1 rings (SSSR count). The lowest BCUT2D eigenvalue weighted by molar-refractivity contribution is 0.241. The van der Waals surface area contributed by atoms with Gasteiger partial charge in [-0.05, 0) is 18.6 Å². The summed E-state index contributed by atoms with van der Waals surface area (Å²) in [7, 11) is 0. The largest absolute Gasteiger partial charge is 0.338 e. The summed E-state index contributed by atoms with van der Waals surface area (Å²) in [5.41, 5.74) is 0.917. The van der Waals surface area contributed by atoms with Gasteiger partial charge < -0.3 is 10.6 Å². The average Bonchev–Trinajstić information content (AvgIpc) is 2.17. The van der Waals surface area contributed by atoms with E-state index >= 15 is 0 Å². The molecule has 0 aromatic carbocycles. The Morgan fingerprint density at radius 2 is 2.29 bits per heavy atom. The van der Waals surface area contributed by atoms with Crippen LogP contribution >= 0.6 is 11.6 Å². The van der Waals surface area contributed by atoms with E-state index in [1.165, 1.54) is 0 Å². The number of hydrogen-bond acceptors (Lipinski definition) is 2. The van der Waals surface area contributed by atoms with Crippen molar-refractivity contribution in [2.75, 3.05) is 6.54 Å². The minimum Gasteiger partial charge on any atom is -0.338 e. The summed E-state index contributed by atoms with van der Waals surface area (Å²) in [6.45, 7) is 2.93. The number of aromatic nitrogens is 1. The van der Waals surface area contributed by atoms with Crippen LogP contribution in [0.4, 0.5) is 4.79 Å². The van der Waals surface area contributed by atoms with Crippen molar-refractivity contribution in [2.45, 2.75) is 13.5 Å². The normalized spacial score (nSPS) is 9.57. The summed E-state index contributed by atoms with van der Waals surface area (Å²) < 4.78 is 0. The number of pyridine rings is 1. The van der Waals surface area contributed by atoms with Crippen LogP contribution in [0.5, 0.6) is 0 Å². The molecule has 0 fully saturated rings. The summed E-state index contributed by atoms with van der Waals surface area (Å²) in [5, 5.41) is 5.77. The highest BCUT2D eigenvalue weighted by molar-refractivity contribution is 6.29. The van der Waals surface area contributed by atoms with Gasteiger partial charge in [0.2, 0.25) is 0 Å². The predicted molar refractivity (Wildman–Crippen MR) is 55.2 cm³/mol. The van der Waals surface area contributed by atoms with Gasteiger partial charge in [-0.15, -0.1) is 0 Å². The van der Waals surface area contributed by atoms with Crippen LogP contribution in [0.2, 0.25) is 5.15 Å². The lowest BCUT2D eigenvalue weighted by atomic mass is 10.3. The number of amides is 2. The molecule has 1 aromatic rings. The molecule has 14 heavy (non-hydrogen) atoms. The van der Waals surface area contributed by atoms with E-state index < -0.39 is 0 Å². The summed E-state index contributed by atoms with van der Waals surface area (Å²) in [6, 6.07) is 3.33. The van der Waals surface area contributed by atoms with Crippen molar-refractivity contribution in [1.29, 1.82) is 0 Å². The number of carbonyl (C=O) groups excluding carboxylic acids is 1. The third-order valence-corrected chi connectivity index (χ3v) is 1.80. The van der Waals surface area contributed by atoms with E-state index in [1.807, 2.05) is 13.0 Å². The minimum absolute atomic E-state index is 0.178. The number of nitrogens with zero attached hydrogens (tertiary/aromatic N) is 1. The van der Waals surface area contributed by atoms with E-state index in [0.717, 1.165) is 5.56 Å². The fraction of sp³-hybridized carbons (Fsp3) is 0.333. The standard InChI is InChI=1S/C9H12ClN3O/c1-2-11-9(14)13-6-7-3-4-8(10)12-5-7/h3-5H,2,6H2,1H3,(H2,11,13,14). The van der Waals surface area contributed by atoms with Crippen LogP contribution in [0.1, 0.15) is 12.5 Å². The summed E-state index contributed by atoms with van der Waals surface area (Å²) in [5.74, 6) is 0. The molecule has 0 bridgehead atoms. The van der Waals surface area contributed by atoms with Crippen molar-refractivity contribution < 1.29 is 4.79 Å². The zero-order chi connectivity index (χ0) is 10.4. The summed E-state index contributed by atoms with van der Waals surface area (Å²) in [4.78, 5) is 14.9. The molecule has 76 valence electrons. The van der Waals surface area contributed by atoms with Crippen LogP contribution in [0.15, 0.2) is 18.3 Å². The monoisotopic (exact) mass is 213 g/mol. The third kappa shape index (κ3) is 3.62. The van der Waals surface area contributed by atoms with E-state index in [1.54, 1.807) is 12.3 Å². The molecule has 0 aliphatic carbocycles. The second kappa shape index (κ2) is 5.44. The van der Waals surface area contributed by atoms with Crippen molar-refractivity contribution >= 4 is 17.6 Å². The fourth-order valence-electron chi connectivity index (χ4n) is 0.916. The number of urea groups is 1. The van der Waals surface area contributed by atoms with Gasteiger partial charge >= 0.3 is 6.03 Å². The molecule has 5 heteroatoms. The first kappa shape index (κ1) is 10.8. The van der Waals surface area contributed by atoms with Gasteiger partial charge in [-0.2, -0.15) is 0 Å². The topological polar surface area (TPSA) is 54.0 Å². The first-order valence-electron chi connectivity index (χ1n) is 4.34. The van der Waals surface area contributed by atoms with Gasteiger partial charge in [-0.25, -0.2) is 9.78 Å². The summed E-state index contributed by atoms with van der Waals surface area (Å²) in [6.07, 6.45) is 1.63. The molecule has 0 spiro atoms. The Bertz CT molecular complexity index is 299. The predicted octanol–water partition coefficient (Wildman–Crippen LogP) is 1.55. The maximum atomic E-state index is 11.0. The van der Waals surface area contributed by atoms with Crippen LogP contribution in [0.25, 0.3) is 0 Å². The molecular formula is C9H12ClN3O. The van der Waals surface area contributed by atoms with E-state index in [-0.39, 0.29) is 6.03 Å². The molecule has 0 aliphatic heterocycles. The Balaban J connectivity index is 2.38. The van der Waals surface area contributed by atoms with E-state index in [2.05, 4.69) is 15.6 Å². The van der Waals surface area contributed by atoms with Crippen LogP contribution < -0.4 is 10.6 Å². The Morgan fingerprint density at radius 3 is 2.86 bits per heavy atom. The molecule has 0 unspecified atom stereocenters. The molecule has 1 heterocycles. The van der Waals surface area contributed by atoms with Crippen LogP contribution in [0.3, 0.4) is 0 Å². The number of nitrogens with one attached hydrogen (secondary N) is 2. The SMILES string of the molecule is CCNC(=O)NCc1ccc(Cl)nc1.